The Labute approximate surface area is 157 Å². The molecular formula is C20H32N4O2. The number of hydrogen-bond donors (Lipinski definition) is 0. The first-order valence-electron chi connectivity index (χ1n) is 9.61. The van der Waals surface area contributed by atoms with E-state index in [0.717, 1.165) is 37.4 Å². The van der Waals surface area contributed by atoms with Crippen LogP contribution in [0.2, 0.25) is 0 Å². The molecule has 1 saturated heterocycles. The fourth-order valence-electron chi connectivity index (χ4n) is 3.63. The maximum absolute atomic E-state index is 12.4. The first-order valence-corrected chi connectivity index (χ1v) is 9.61. The van der Waals surface area contributed by atoms with Gasteiger partial charge in [-0.3, -0.25) is 0 Å². The van der Waals surface area contributed by atoms with Gasteiger partial charge in [0.1, 0.15) is 11.4 Å². The molecule has 0 radical (unpaired) electrons. The van der Waals surface area contributed by atoms with E-state index in [1.54, 1.807) is 0 Å². The highest BCUT2D eigenvalue weighted by atomic mass is 16.6. The molecule has 2 aliphatic rings. The highest BCUT2D eigenvalue weighted by Crippen LogP contribution is 2.24. The zero-order valence-electron chi connectivity index (χ0n) is 16.8. The predicted octanol–water partition coefficient (Wildman–Crippen LogP) is 2.56. The first-order chi connectivity index (χ1) is 12.2. The summed E-state index contributed by atoms with van der Waals surface area (Å²) in [5, 5.41) is 0. The summed E-state index contributed by atoms with van der Waals surface area (Å²) < 4.78 is 5.52. The van der Waals surface area contributed by atoms with Gasteiger partial charge in [0.05, 0.1) is 0 Å². The van der Waals surface area contributed by atoms with Crippen molar-refractivity contribution in [2.24, 2.45) is 0 Å². The van der Waals surface area contributed by atoms with E-state index in [4.69, 9.17) is 9.72 Å². The smallest absolute Gasteiger partial charge is 0.410 e. The SMILES string of the molecule is CN(C)C1CCN(c2ccc3c(n2)CCN(C(=O)OC(C)(C)C)CC3)C1. The topological polar surface area (TPSA) is 48.9 Å². The summed E-state index contributed by atoms with van der Waals surface area (Å²) in [4.78, 5) is 23.8. The van der Waals surface area contributed by atoms with Crippen molar-refractivity contribution in [2.75, 3.05) is 45.2 Å². The molecule has 1 fully saturated rings. The van der Waals surface area contributed by atoms with Crippen LogP contribution in [0.25, 0.3) is 0 Å². The molecule has 26 heavy (non-hydrogen) atoms. The number of ether oxygens (including phenoxy) is 1. The van der Waals surface area contributed by atoms with Gasteiger partial charge in [0.2, 0.25) is 0 Å². The summed E-state index contributed by atoms with van der Waals surface area (Å²) in [6.45, 7) is 9.16. The molecule has 6 nitrogen and oxygen atoms in total. The monoisotopic (exact) mass is 360 g/mol. The molecule has 1 aromatic heterocycles. The van der Waals surface area contributed by atoms with Gasteiger partial charge in [-0.15, -0.1) is 0 Å². The molecule has 3 rings (SSSR count). The van der Waals surface area contributed by atoms with Gasteiger partial charge in [0.25, 0.3) is 0 Å². The molecular weight excluding hydrogens is 328 g/mol. The lowest BCUT2D eigenvalue weighted by Gasteiger charge is -2.26. The number of hydrogen-bond acceptors (Lipinski definition) is 5. The highest BCUT2D eigenvalue weighted by Gasteiger charge is 2.27. The molecule has 0 bridgehead atoms. The van der Waals surface area contributed by atoms with Crippen LogP contribution >= 0.6 is 0 Å². The van der Waals surface area contributed by atoms with Crippen LogP contribution in [-0.2, 0) is 17.6 Å². The number of nitrogens with zero attached hydrogens (tertiary/aromatic N) is 4. The maximum atomic E-state index is 12.4. The van der Waals surface area contributed by atoms with E-state index in [1.807, 2.05) is 25.7 Å². The Balaban J connectivity index is 1.67. The summed E-state index contributed by atoms with van der Waals surface area (Å²) in [6, 6.07) is 4.93. The quantitative estimate of drug-likeness (QED) is 0.811. The van der Waals surface area contributed by atoms with Crippen LogP contribution in [0, 0.1) is 0 Å². The fraction of sp³-hybridized carbons (Fsp3) is 0.700. The van der Waals surface area contributed by atoms with Crippen molar-refractivity contribution in [3.05, 3.63) is 23.4 Å². The lowest BCUT2D eigenvalue weighted by molar-refractivity contribution is 0.0258. The molecule has 144 valence electrons. The third-order valence-corrected chi connectivity index (χ3v) is 5.19. The Morgan fingerprint density at radius 3 is 2.58 bits per heavy atom. The second-order valence-corrected chi connectivity index (χ2v) is 8.59. The van der Waals surface area contributed by atoms with Crippen molar-refractivity contribution in [3.8, 4) is 0 Å². The molecule has 1 aromatic rings. The third-order valence-electron chi connectivity index (χ3n) is 5.19. The Hall–Kier alpha value is -1.82. The van der Waals surface area contributed by atoms with Crippen molar-refractivity contribution < 1.29 is 9.53 Å². The van der Waals surface area contributed by atoms with Gasteiger partial charge in [0.15, 0.2) is 0 Å². The van der Waals surface area contributed by atoms with Gasteiger partial charge in [-0.25, -0.2) is 9.78 Å². The predicted molar refractivity (Wildman–Crippen MR) is 104 cm³/mol. The largest absolute Gasteiger partial charge is 0.444 e. The zero-order chi connectivity index (χ0) is 18.9. The number of anilines is 1. The summed E-state index contributed by atoms with van der Waals surface area (Å²) >= 11 is 0. The van der Waals surface area contributed by atoms with Crippen LogP contribution in [0.5, 0.6) is 0 Å². The molecule has 0 N–H and O–H groups in total. The number of rotatable bonds is 2. The van der Waals surface area contributed by atoms with Gasteiger partial charge in [-0.1, -0.05) is 6.07 Å². The minimum atomic E-state index is -0.458. The van der Waals surface area contributed by atoms with Crippen LogP contribution < -0.4 is 4.90 Å². The molecule has 0 spiro atoms. The molecule has 1 atom stereocenters. The number of carbonyl (C=O) groups excluding carboxylic acids is 1. The van der Waals surface area contributed by atoms with Crippen molar-refractivity contribution >= 4 is 11.9 Å². The van der Waals surface area contributed by atoms with E-state index >= 15 is 0 Å². The Kier molecular flexibility index (Phi) is 5.42. The Morgan fingerprint density at radius 1 is 1.19 bits per heavy atom. The van der Waals surface area contributed by atoms with Crippen LogP contribution in [0.3, 0.4) is 0 Å². The fourth-order valence-corrected chi connectivity index (χ4v) is 3.63. The molecule has 0 saturated carbocycles. The summed E-state index contributed by atoms with van der Waals surface area (Å²) in [6.07, 6.45) is 2.58. The molecule has 3 heterocycles. The van der Waals surface area contributed by atoms with Crippen LogP contribution in [0.1, 0.15) is 38.4 Å². The van der Waals surface area contributed by atoms with E-state index in [2.05, 4.69) is 36.0 Å². The minimum absolute atomic E-state index is 0.223. The number of aromatic nitrogens is 1. The number of likely N-dealkylation sites (N-methyl/N-ethyl adjacent to an activating group) is 1. The Morgan fingerprint density at radius 2 is 1.92 bits per heavy atom. The lowest BCUT2D eigenvalue weighted by atomic mass is 10.1. The molecule has 1 unspecified atom stereocenters. The summed E-state index contributed by atoms with van der Waals surface area (Å²) in [5.41, 5.74) is 1.92. The van der Waals surface area contributed by atoms with Gasteiger partial charge in [0, 0.05) is 44.3 Å². The van der Waals surface area contributed by atoms with E-state index in [1.165, 1.54) is 12.0 Å². The number of amides is 1. The van der Waals surface area contributed by atoms with Crippen molar-refractivity contribution in [1.82, 2.24) is 14.8 Å². The van der Waals surface area contributed by atoms with Crippen LogP contribution in [0.4, 0.5) is 10.6 Å². The van der Waals surface area contributed by atoms with Crippen LogP contribution in [-0.4, -0.2) is 72.8 Å². The standard InChI is InChI=1S/C20H32N4O2/c1-20(2,3)26-19(25)23-11-8-15-6-7-18(21-17(15)10-13-23)24-12-9-16(14-24)22(4)5/h6-7,16H,8-14H2,1-5H3. The lowest BCUT2D eigenvalue weighted by Crippen LogP contribution is -2.38. The van der Waals surface area contributed by atoms with E-state index in [-0.39, 0.29) is 6.09 Å². The first kappa shape index (κ1) is 19.0. The Bertz CT molecular complexity index is 654. The van der Waals surface area contributed by atoms with E-state index in [9.17, 15) is 4.79 Å². The second-order valence-electron chi connectivity index (χ2n) is 8.59. The molecule has 2 aliphatic heterocycles. The van der Waals surface area contributed by atoms with Gasteiger partial charge >= 0.3 is 6.09 Å². The molecule has 0 aliphatic carbocycles. The minimum Gasteiger partial charge on any atom is -0.444 e. The van der Waals surface area contributed by atoms with Gasteiger partial charge in [-0.05, 0) is 59.3 Å². The zero-order valence-corrected chi connectivity index (χ0v) is 16.8. The molecule has 1 amide bonds. The van der Waals surface area contributed by atoms with E-state index in [0.29, 0.717) is 19.1 Å². The second kappa shape index (κ2) is 7.43. The van der Waals surface area contributed by atoms with Crippen LogP contribution in [0.15, 0.2) is 12.1 Å². The highest BCUT2D eigenvalue weighted by molar-refractivity contribution is 5.68. The van der Waals surface area contributed by atoms with Gasteiger partial charge < -0.3 is 19.4 Å². The van der Waals surface area contributed by atoms with Gasteiger partial charge in [-0.2, -0.15) is 0 Å². The van der Waals surface area contributed by atoms with Crippen molar-refractivity contribution in [3.63, 3.8) is 0 Å². The van der Waals surface area contributed by atoms with Crippen molar-refractivity contribution in [1.29, 1.82) is 0 Å². The number of carbonyl (C=O) groups is 1. The average molecular weight is 361 g/mol. The number of fused-ring (bicyclic) bond motifs is 1. The summed E-state index contributed by atoms with van der Waals surface area (Å²) in [7, 11) is 4.29. The van der Waals surface area contributed by atoms with E-state index < -0.39 is 5.60 Å². The van der Waals surface area contributed by atoms with Crippen molar-refractivity contribution in [2.45, 2.75) is 51.7 Å². The maximum Gasteiger partial charge on any atom is 0.410 e. The summed E-state index contributed by atoms with van der Waals surface area (Å²) in [5.74, 6) is 1.07. The number of pyridine rings is 1. The average Bonchev–Trinajstić information content (AvgIpc) is 2.94. The molecule has 0 aromatic carbocycles. The third kappa shape index (κ3) is 4.47. The molecule has 6 heteroatoms. The normalized spacial score (nSPS) is 20.9.